The molecule has 1 amide bonds. The smallest absolute Gasteiger partial charge is 0.343 e. The van der Waals surface area contributed by atoms with Crippen molar-refractivity contribution < 1.29 is 18.0 Å². The van der Waals surface area contributed by atoms with E-state index >= 15 is 0 Å². The highest BCUT2D eigenvalue weighted by Gasteiger charge is 2.27. The molecule has 0 atom stereocenters. The maximum atomic E-state index is 12.0. The maximum absolute atomic E-state index is 12.0. The van der Waals surface area contributed by atoms with Crippen LogP contribution in [0.3, 0.4) is 0 Å². The van der Waals surface area contributed by atoms with E-state index in [0.717, 1.165) is 5.69 Å². The van der Waals surface area contributed by atoms with E-state index in [0.29, 0.717) is 0 Å². The molecule has 0 saturated carbocycles. The van der Waals surface area contributed by atoms with Crippen LogP contribution in [0.2, 0.25) is 0 Å². The van der Waals surface area contributed by atoms with E-state index < -0.39 is 18.6 Å². The van der Waals surface area contributed by atoms with Crippen molar-refractivity contribution in [1.82, 2.24) is 9.88 Å². The summed E-state index contributed by atoms with van der Waals surface area (Å²) in [5.41, 5.74) is 1.03. The van der Waals surface area contributed by atoms with E-state index in [2.05, 4.69) is 0 Å². The number of benzene rings is 1. The Morgan fingerprint density at radius 1 is 1.11 bits per heavy atom. The standard InChI is InChI=1S/C13H11F3N2O/c14-13(15,16)9-17-12(19)10-3-5-11(6-4-10)18-7-1-2-8-18/h1-8H,9H2,(H,17,19). The van der Waals surface area contributed by atoms with Gasteiger partial charge in [0, 0.05) is 23.6 Å². The number of carbonyl (C=O) groups is 1. The predicted octanol–water partition coefficient (Wildman–Crippen LogP) is 2.77. The Bertz CT molecular complexity index is 544. The summed E-state index contributed by atoms with van der Waals surface area (Å²) < 4.78 is 37.7. The summed E-state index contributed by atoms with van der Waals surface area (Å²) in [4.78, 5) is 11.5. The van der Waals surface area contributed by atoms with Crippen molar-refractivity contribution in [3.63, 3.8) is 0 Å². The first-order chi connectivity index (χ1) is 8.96. The molecule has 0 aliphatic rings. The van der Waals surface area contributed by atoms with E-state index in [1.807, 2.05) is 34.4 Å². The zero-order valence-corrected chi connectivity index (χ0v) is 9.82. The molecule has 0 spiro atoms. The van der Waals surface area contributed by atoms with Gasteiger partial charge in [0.25, 0.3) is 5.91 Å². The summed E-state index contributed by atoms with van der Waals surface area (Å²) in [5, 5.41) is 1.82. The van der Waals surface area contributed by atoms with Crippen molar-refractivity contribution >= 4 is 5.91 Å². The summed E-state index contributed by atoms with van der Waals surface area (Å²) in [7, 11) is 0. The third kappa shape index (κ3) is 3.61. The largest absolute Gasteiger partial charge is 0.405 e. The third-order valence-corrected chi connectivity index (χ3v) is 2.48. The summed E-state index contributed by atoms with van der Waals surface area (Å²) in [5.74, 6) is -0.739. The molecule has 1 N–H and O–H groups in total. The number of nitrogens with one attached hydrogen (secondary N) is 1. The van der Waals surface area contributed by atoms with E-state index in [-0.39, 0.29) is 5.56 Å². The minimum absolute atomic E-state index is 0.195. The highest BCUT2D eigenvalue weighted by molar-refractivity contribution is 5.94. The van der Waals surface area contributed by atoms with Crippen LogP contribution >= 0.6 is 0 Å². The quantitative estimate of drug-likeness (QED) is 0.912. The van der Waals surface area contributed by atoms with Gasteiger partial charge in [-0.2, -0.15) is 13.2 Å². The molecule has 100 valence electrons. The van der Waals surface area contributed by atoms with E-state index in [1.165, 1.54) is 12.1 Å². The topological polar surface area (TPSA) is 34.0 Å². The fourth-order valence-electron chi connectivity index (χ4n) is 1.57. The van der Waals surface area contributed by atoms with Gasteiger partial charge in [-0.25, -0.2) is 0 Å². The normalized spacial score (nSPS) is 11.3. The Morgan fingerprint density at radius 2 is 1.68 bits per heavy atom. The Kier molecular flexibility index (Phi) is 3.59. The highest BCUT2D eigenvalue weighted by atomic mass is 19.4. The summed E-state index contributed by atoms with van der Waals surface area (Å²) in [6, 6.07) is 10.0. The molecule has 3 nitrogen and oxygen atoms in total. The first kappa shape index (κ1) is 13.2. The van der Waals surface area contributed by atoms with Gasteiger partial charge in [-0.15, -0.1) is 0 Å². The number of hydrogen-bond acceptors (Lipinski definition) is 1. The lowest BCUT2D eigenvalue weighted by Crippen LogP contribution is -2.33. The molecule has 0 aliphatic heterocycles. The van der Waals surface area contributed by atoms with Crippen molar-refractivity contribution in [1.29, 1.82) is 0 Å². The Balaban J connectivity index is 2.04. The van der Waals surface area contributed by atoms with Gasteiger partial charge in [0.2, 0.25) is 0 Å². The third-order valence-electron chi connectivity index (χ3n) is 2.48. The fraction of sp³-hybridized carbons (Fsp3) is 0.154. The average Bonchev–Trinajstić information content (AvgIpc) is 2.89. The molecule has 1 aromatic heterocycles. The van der Waals surface area contributed by atoms with Crippen molar-refractivity contribution in [2.45, 2.75) is 6.18 Å². The van der Waals surface area contributed by atoms with Crippen LogP contribution in [-0.4, -0.2) is 23.2 Å². The first-order valence-corrected chi connectivity index (χ1v) is 5.54. The van der Waals surface area contributed by atoms with Gasteiger partial charge >= 0.3 is 6.18 Å². The highest BCUT2D eigenvalue weighted by Crippen LogP contribution is 2.13. The van der Waals surface area contributed by atoms with Crippen LogP contribution in [0.25, 0.3) is 5.69 Å². The lowest BCUT2D eigenvalue weighted by molar-refractivity contribution is -0.123. The molecule has 0 aliphatic carbocycles. The number of carbonyl (C=O) groups excluding carboxylic acids is 1. The van der Waals surface area contributed by atoms with E-state index in [4.69, 9.17) is 0 Å². The summed E-state index contributed by atoms with van der Waals surface area (Å²) in [6.07, 6.45) is -0.738. The Labute approximate surface area is 107 Å². The summed E-state index contributed by atoms with van der Waals surface area (Å²) >= 11 is 0. The average molecular weight is 268 g/mol. The number of alkyl halides is 3. The second-order valence-electron chi connectivity index (χ2n) is 3.94. The van der Waals surface area contributed by atoms with Crippen LogP contribution in [0.5, 0.6) is 0 Å². The lowest BCUT2D eigenvalue weighted by atomic mass is 10.2. The molecule has 0 saturated heterocycles. The van der Waals surface area contributed by atoms with Crippen molar-refractivity contribution in [2.75, 3.05) is 6.54 Å². The molecule has 0 bridgehead atoms. The van der Waals surface area contributed by atoms with Gasteiger partial charge in [0.05, 0.1) is 0 Å². The van der Waals surface area contributed by atoms with Gasteiger partial charge in [-0.05, 0) is 36.4 Å². The Morgan fingerprint density at radius 3 is 2.21 bits per heavy atom. The number of nitrogens with zero attached hydrogens (tertiary/aromatic N) is 1. The fourth-order valence-corrected chi connectivity index (χ4v) is 1.57. The van der Waals surface area contributed by atoms with Crippen LogP contribution in [0.15, 0.2) is 48.8 Å². The van der Waals surface area contributed by atoms with E-state index in [9.17, 15) is 18.0 Å². The molecular formula is C13H11F3N2O. The van der Waals surface area contributed by atoms with E-state index in [1.54, 1.807) is 12.1 Å². The van der Waals surface area contributed by atoms with Crippen LogP contribution in [0, 0.1) is 0 Å². The number of amides is 1. The molecule has 0 unspecified atom stereocenters. The second kappa shape index (κ2) is 5.17. The molecule has 1 heterocycles. The minimum atomic E-state index is -4.40. The van der Waals surface area contributed by atoms with Crippen LogP contribution in [0.4, 0.5) is 13.2 Å². The maximum Gasteiger partial charge on any atom is 0.405 e. The van der Waals surface area contributed by atoms with Crippen LogP contribution < -0.4 is 5.32 Å². The summed E-state index contributed by atoms with van der Waals surface area (Å²) in [6.45, 7) is -1.33. The molecule has 6 heteroatoms. The van der Waals surface area contributed by atoms with Crippen molar-refractivity contribution in [2.24, 2.45) is 0 Å². The number of rotatable bonds is 3. The number of aromatic nitrogens is 1. The van der Waals surface area contributed by atoms with Gasteiger partial charge in [0.1, 0.15) is 6.54 Å². The van der Waals surface area contributed by atoms with Crippen molar-refractivity contribution in [3.8, 4) is 5.69 Å². The molecule has 2 rings (SSSR count). The minimum Gasteiger partial charge on any atom is -0.343 e. The zero-order valence-electron chi connectivity index (χ0n) is 9.82. The lowest BCUT2D eigenvalue weighted by Gasteiger charge is -2.09. The van der Waals surface area contributed by atoms with Gasteiger partial charge in [0.15, 0.2) is 0 Å². The van der Waals surface area contributed by atoms with Crippen molar-refractivity contribution in [3.05, 3.63) is 54.4 Å². The monoisotopic (exact) mass is 268 g/mol. The van der Waals surface area contributed by atoms with Crippen LogP contribution in [-0.2, 0) is 0 Å². The van der Waals surface area contributed by atoms with Gasteiger partial charge in [-0.1, -0.05) is 0 Å². The van der Waals surface area contributed by atoms with Gasteiger partial charge < -0.3 is 9.88 Å². The number of hydrogen-bond donors (Lipinski definition) is 1. The van der Waals surface area contributed by atoms with Gasteiger partial charge in [-0.3, -0.25) is 4.79 Å². The molecule has 19 heavy (non-hydrogen) atoms. The first-order valence-electron chi connectivity index (χ1n) is 5.54. The predicted molar refractivity (Wildman–Crippen MR) is 64.2 cm³/mol. The zero-order chi connectivity index (χ0) is 13.9. The second-order valence-corrected chi connectivity index (χ2v) is 3.94. The number of halogens is 3. The molecule has 0 fully saturated rings. The Hall–Kier alpha value is -2.24. The molecule has 0 radical (unpaired) electrons. The molecule has 2 aromatic rings. The molecule has 1 aromatic carbocycles. The van der Waals surface area contributed by atoms with Crippen LogP contribution in [0.1, 0.15) is 10.4 Å². The molecular weight excluding hydrogens is 257 g/mol. The SMILES string of the molecule is O=C(NCC(F)(F)F)c1ccc(-n2cccc2)cc1.